The van der Waals surface area contributed by atoms with Crippen LogP contribution in [-0.4, -0.2) is 135 Å². The third-order valence-corrected chi connectivity index (χ3v) is 15.8. The van der Waals surface area contributed by atoms with Crippen molar-refractivity contribution < 1.29 is 37.8 Å². The summed E-state index contributed by atoms with van der Waals surface area (Å²) in [6.07, 6.45) is 2.86. The lowest BCUT2D eigenvalue weighted by molar-refractivity contribution is -0.158. The van der Waals surface area contributed by atoms with Gasteiger partial charge in [-0.3, -0.25) is 34.1 Å². The molecule has 3 aliphatic rings. The lowest BCUT2D eigenvalue weighted by Crippen LogP contribution is -2.67. The number of nitrogens with one attached hydrogen (secondary N) is 2. The number of nitrogens with zero attached hydrogens (tertiary/aromatic N) is 5. The van der Waals surface area contributed by atoms with Gasteiger partial charge in [-0.25, -0.2) is 9.82 Å². The first kappa shape index (κ1) is 53.4. The number of rotatable bonds is 12. The molecule has 0 aliphatic carbocycles. The third kappa shape index (κ3) is 11.8. The second-order valence-corrected chi connectivity index (χ2v) is 23.4. The minimum absolute atomic E-state index is 0.0543. The van der Waals surface area contributed by atoms with Gasteiger partial charge in [0.15, 0.2) is 0 Å². The van der Waals surface area contributed by atoms with Crippen molar-refractivity contribution in [2.75, 3.05) is 54.1 Å². The van der Waals surface area contributed by atoms with E-state index in [1.54, 1.807) is 24.3 Å². The Morgan fingerprint density at radius 1 is 1.10 bits per heavy atom. The van der Waals surface area contributed by atoms with Crippen molar-refractivity contribution in [3.63, 3.8) is 0 Å². The van der Waals surface area contributed by atoms with E-state index in [1.165, 1.54) is 5.01 Å². The smallest absolute Gasteiger partial charge is 0.323 e. The van der Waals surface area contributed by atoms with Crippen LogP contribution in [0.4, 0.5) is 4.39 Å². The first-order valence-corrected chi connectivity index (χ1v) is 26.1. The minimum atomic E-state index is -1.11. The second kappa shape index (κ2) is 21.7. The van der Waals surface area contributed by atoms with E-state index in [9.17, 15) is 23.6 Å². The molecule has 7 rings (SSSR count). The molecule has 14 nitrogen and oxygen atoms in total. The average Bonchev–Trinajstić information content (AvgIpc) is 3.62. The Bertz CT molecular complexity index is 2700. The largest absolute Gasteiger partial charge is 0.464 e. The van der Waals surface area contributed by atoms with Crippen LogP contribution in [0, 0.1) is 29.1 Å². The Morgan fingerprint density at radius 3 is 2.52 bits per heavy atom. The van der Waals surface area contributed by atoms with Crippen molar-refractivity contribution in [2.24, 2.45) is 17.3 Å². The highest BCUT2D eigenvalue weighted by Gasteiger charge is 2.43. The normalized spacial score (nSPS) is 20.8. The molecule has 71 heavy (non-hydrogen) atoms. The number of benzene rings is 2. The van der Waals surface area contributed by atoms with Gasteiger partial charge in [-0.15, -0.1) is 0 Å². The summed E-state index contributed by atoms with van der Waals surface area (Å²) in [5.41, 5.74) is 9.90. The molecule has 0 radical (unpaired) electrons. The zero-order valence-electron chi connectivity index (χ0n) is 43.8. The number of carbonyl (C=O) groups excluding carboxylic acids is 4. The molecule has 6 bridgehead atoms. The molecule has 16 heteroatoms. The number of hydrogen-bond acceptors (Lipinski definition) is 10. The molecule has 3 aliphatic heterocycles. The topological polar surface area (TPSA) is 148 Å². The molecular formula is C55H74FN7O7Si. The molecule has 0 spiro atoms. The van der Waals surface area contributed by atoms with Crippen LogP contribution in [0.15, 0.2) is 54.7 Å². The maximum Gasteiger partial charge on any atom is 0.323 e. The maximum atomic E-state index is 15.0. The molecule has 5 heterocycles. The van der Waals surface area contributed by atoms with E-state index in [0.29, 0.717) is 66.8 Å². The summed E-state index contributed by atoms with van der Waals surface area (Å²) in [6.45, 7) is 17.2. The van der Waals surface area contributed by atoms with Crippen LogP contribution in [0.5, 0.6) is 0 Å². The number of carbonyl (C=O) groups is 4. The number of likely N-dealkylation sites (tertiary alicyclic amines) is 1. The van der Waals surface area contributed by atoms with Gasteiger partial charge in [0.25, 0.3) is 11.8 Å². The Morgan fingerprint density at radius 2 is 1.85 bits per heavy atom. The predicted octanol–water partition coefficient (Wildman–Crippen LogP) is 5.75. The number of fused-ring (bicyclic) bond motifs is 6. The predicted molar refractivity (Wildman–Crippen MR) is 278 cm³/mol. The maximum absolute atomic E-state index is 15.0. The van der Waals surface area contributed by atoms with Crippen LogP contribution < -0.4 is 10.7 Å². The highest BCUT2D eigenvalue weighted by molar-refractivity contribution is 6.27. The average molecular weight is 992 g/mol. The minimum Gasteiger partial charge on any atom is -0.464 e. The zero-order chi connectivity index (χ0) is 51.6. The fraction of sp³-hybridized carbons (Fsp3) is 0.545. The number of methoxy groups -OCH3 is 1. The highest BCUT2D eigenvalue weighted by Crippen LogP contribution is 2.42. The number of pyridine rings is 1. The van der Waals surface area contributed by atoms with Gasteiger partial charge in [0, 0.05) is 78.0 Å². The van der Waals surface area contributed by atoms with E-state index in [2.05, 4.69) is 66.1 Å². The number of ether oxygens (including phenoxy) is 3. The van der Waals surface area contributed by atoms with Gasteiger partial charge in [-0.1, -0.05) is 51.8 Å². The van der Waals surface area contributed by atoms with E-state index in [-0.39, 0.29) is 49.6 Å². The molecule has 3 amide bonds. The summed E-state index contributed by atoms with van der Waals surface area (Å²) in [6, 6.07) is 14.8. The van der Waals surface area contributed by atoms with Crippen molar-refractivity contribution in [3.05, 3.63) is 77.1 Å². The van der Waals surface area contributed by atoms with Crippen molar-refractivity contribution in [3.8, 4) is 34.2 Å². The van der Waals surface area contributed by atoms with E-state index < -0.39 is 46.6 Å². The molecule has 2 aromatic carbocycles. The number of aromatic nitrogens is 2. The first-order valence-electron chi connectivity index (χ1n) is 25.1. The number of aryl methyl sites for hydroxylation is 1. The number of amides is 3. The molecule has 4 atom stereocenters. The summed E-state index contributed by atoms with van der Waals surface area (Å²) in [4.78, 5) is 64.9. The molecule has 2 saturated heterocycles. The number of hydrazine groups is 1. The molecule has 0 unspecified atom stereocenters. The van der Waals surface area contributed by atoms with Gasteiger partial charge in [-0.2, -0.15) is 0 Å². The molecular weight excluding hydrogens is 918 g/mol. The van der Waals surface area contributed by atoms with Crippen LogP contribution >= 0.6 is 0 Å². The Labute approximate surface area is 422 Å². The van der Waals surface area contributed by atoms with E-state index in [1.807, 2.05) is 77.9 Å². The molecule has 382 valence electrons. The lowest BCUT2D eigenvalue weighted by atomic mass is 9.84. The van der Waals surface area contributed by atoms with Crippen molar-refractivity contribution in [2.45, 2.75) is 123 Å². The monoisotopic (exact) mass is 992 g/mol. The SMILES string of the molecule is CCn1c(-c2cccnc2[C@H](C)OC)c2c3cc(ccc31)-c1cc(CF)cc(c1)C[C@H](NC(=O)[C@@H](COC1CN(C(=O)C#CC(C)(C)N(C)C)C1)C(C)C)C(=O)N1CCC[C@@]([SiH3])(N1)C(=O)OCC(C)(C)C2. The molecule has 2 aromatic heterocycles. The Balaban J connectivity index is 1.25. The molecule has 0 saturated carbocycles. The van der Waals surface area contributed by atoms with Gasteiger partial charge < -0.3 is 29.0 Å². The van der Waals surface area contributed by atoms with Gasteiger partial charge in [0.05, 0.1) is 48.3 Å². The summed E-state index contributed by atoms with van der Waals surface area (Å²) >= 11 is 0. The summed E-state index contributed by atoms with van der Waals surface area (Å²) < 4.78 is 35.6. The fourth-order valence-electron chi connectivity index (χ4n) is 9.68. The highest BCUT2D eigenvalue weighted by atomic mass is 28.1. The Hall–Kier alpha value is -5.44. The quantitative estimate of drug-likeness (QED) is 0.102. The van der Waals surface area contributed by atoms with Crippen LogP contribution in [-0.2, 0) is 59.4 Å². The second-order valence-electron chi connectivity index (χ2n) is 21.7. The number of hydrogen-bond donors (Lipinski definition) is 2. The van der Waals surface area contributed by atoms with Crippen molar-refractivity contribution in [1.82, 2.24) is 35.1 Å². The van der Waals surface area contributed by atoms with E-state index >= 15 is 0 Å². The van der Waals surface area contributed by atoms with Crippen LogP contribution in [0.25, 0.3) is 33.3 Å². The van der Waals surface area contributed by atoms with Crippen molar-refractivity contribution in [1.29, 1.82) is 0 Å². The number of esters is 1. The summed E-state index contributed by atoms with van der Waals surface area (Å²) in [5, 5.41) is 4.47. The Kier molecular flexibility index (Phi) is 16.3. The van der Waals surface area contributed by atoms with Gasteiger partial charge >= 0.3 is 5.97 Å². The van der Waals surface area contributed by atoms with Gasteiger partial charge in [-0.05, 0) is 131 Å². The van der Waals surface area contributed by atoms with Crippen LogP contribution in [0.3, 0.4) is 0 Å². The van der Waals surface area contributed by atoms with Gasteiger partial charge in [0.1, 0.15) is 17.9 Å². The summed E-state index contributed by atoms with van der Waals surface area (Å²) in [5.74, 6) is 3.53. The number of cyclic esters (lactones) is 1. The van der Waals surface area contributed by atoms with E-state index in [4.69, 9.17) is 19.2 Å². The van der Waals surface area contributed by atoms with Gasteiger partial charge in [0.2, 0.25) is 5.91 Å². The van der Waals surface area contributed by atoms with Crippen LogP contribution in [0.2, 0.25) is 0 Å². The third-order valence-electron chi connectivity index (χ3n) is 14.7. The lowest BCUT2D eigenvalue weighted by Gasteiger charge is -2.41. The zero-order valence-corrected chi connectivity index (χ0v) is 45.8. The first-order chi connectivity index (χ1) is 33.6. The molecule has 2 N–H and O–H groups in total. The molecule has 2 fully saturated rings. The van der Waals surface area contributed by atoms with Crippen LogP contribution in [0.1, 0.15) is 96.7 Å². The number of alkyl halides is 1. The standard InChI is InChI=1S/C55H74FN7O7Si/c1-12-62-46-17-16-38-27-42(46)43(49(62)41-15-13-21-57-48(41)35(4)68-11)28-53(5,6)33-70-52(67)55(71)19-14-22-63(59-55)51(66)45(26-36-23-37(29-56)25-39(38)24-36)58-50(65)44(34(2)3)32-69-40-30-61(31-40)47(64)18-20-54(7,8)60(9)10/h13,15-17,21,23-25,27,34-35,40,44-45,59H,12,14,19,22,26,28-33H2,1-11,71H3,(H,58,65)/t35-,44-,45-,55-/m0/s1. The fourth-order valence-corrected chi connectivity index (χ4v) is 10.4. The number of halogens is 1. The molecule has 4 aromatic rings. The van der Waals surface area contributed by atoms with Crippen molar-refractivity contribution >= 4 is 44.8 Å². The van der Waals surface area contributed by atoms with E-state index in [0.717, 1.165) is 44.5 Å². The summed E-state index contributed by atoms with van der Waals surface area (Å²) in [7, 11) is 5.84.